The lowest BCUT2D eigenvalue weighted by atomic mass is 9.98. The number of H-pyrrole nitrogens is 1. The summed E-state index contributed by atoms with van der Waals surface area (Å²) in [6.07, 6.45) is -1.23. The van der Waals surface area contributed by atoms with E-state index in [1.54, 1.807) is 14.4 Å². The molecule has 0 spiro atoms. The Morgan fingerprint density at radius 2 is 1.63 bits per heavy atom. The number of likely N-dealkylation sites (tertiary alicyclic amines) is 2. The first-order chi connectivity index (χ1) is 23.4. The summed E-state index contributed by atoms with van der Waals surface area (Å²) in [5.74, 6) is -0.343. The molecule has 0 aliphatic carbocycles. The predicted octanol–water partition coefficient (Wildman–Crippen LogP) is 4.17. The normalized spacial score (nSPS) is 20.0. The number of halogens is 4. The van der Waals surface area contributed by atoms with Gasteiger partial charge in [0.25, 0.3) is 0 Å². The van der Waals surface area contributed by atoms with E-state index < -0.39 is 29.5 Å². The number of aromatic amines is 1. The molecule has 0 radical (unpaired) electrons. The molecule has 1 aromatic heterocycles. The fraction of sp³-hybridized carbons (Fsp3) is 0.559. The molecule has 3 aliphatic rings. The Hall–Kier alpha value is -3.75. The molecule has 0 bridgehead atoms. The average Bonchev–Trinajstić information content (AvgIpc) is 3.26. The quantitative estimate of drug-likeness (QED) is 0.331. The van der Waals surface area contributed by atoms with Crippen molar-refractivity contribution in [1.29, 1.82) is 0 Å². The van der Waals surface area contributed by atoms with Crippen molar-refractivity contribution in [2.24, 2.45) is 0 Å². The SMILES string of the molecule is CN1CCCN(C2CCN(C(=O)[C@@H](Cc3cc(Cl)c(N)c(C(F)(F)F)c3)NC(=O)N3CCC(n4c(=O)[nH]c5ccccc54)CC3)CC2)CC1. The van der Waals surface area contributed by atoms with Gasteiger partial charge < -0.3 is 30.7 Å². The monoisotopic (exact) mass is 704 g/mol. The van der Waals surface area contributed by atoms with Crippen molar-refractivity contribution in [3.05, 3.63) is 63.0 Å². The van der Waals surface area contributed by atoms with E-state index in [4.69, 9.17) is 17.3 Å². The molecule has 0 unspecified atom stereocenters. The largest absolute Gasteiger partial charge is 0.418 e. The Morgan fingerprint density at radius 3 is 2.35 bits per heavy atom. The minimum Gasteiger partial charge on any atom is -0.397 e. The highest BCUT2D eigenvalue weighted by Gasteiger charge is 2.37. The number of para-hydroxylation sites is 2. The molecule has 0 saturated carbocycles. The molecule has 3 saturated heterocycles. The van der Waals surface area contributed by atoms with Crippen molar-refractivity contribution in [1.82, 2.24) is 34.5 Å². The average molecular weight is 705 g/mol. The Balaban J connectivity index is 1.16. The second kappa shape index (κ2) is 14.6. The van der Waals surface area contributed by atoms with Gasteiger partial charge in [-0.2, -0.15) is 13.2 Å². The highest BCUT2D eigenvalue weighted by Crippen LogP contribution is 2.38. The number of carbonyl (C=O) groups excluding carboxylic acids is 2. The molecule has 266 valence electrons. The van der Waals surface area contributed by atoms with E-state index in [0.29, 0.717) is 45.1 Å². The van der Waals surface area contributed by atoms with Gasteiger partial charge in [0.05, 0.1) is 27.3 Å². The minimum absolute atomic E-state index is 0.117. The van der Waals surface area contributed by atoms with Crippen LogP contribution in [-0.4, -0.2) is 113 Å². The summed E-state index contributed by atoms with van der Waals surface area (Å²) in [6.45, 7) is 5.68. The smallest absolute Gasteiger partial charge is 0.397 e. The number of hydrogen-bond donors (Lipinski definition) is 3. The van der Waals surface area contributed by atoms with Crippen LogP contribution < -0.4 is 16.7 Å². The molecular formula is C34H44ClF3N8O3. The molecule has 3 aliphatic heterocycles. The third-order valence-electron chi connectivity index (χ3n) is 10.3. The number of nitrogens with two attached hydrogens (primary N) is 1. The van der Waals surface area contributed by atoms with Gasteiger partial charge in [-0.25, -0.2) is 9.59 Å². The molecule has 6 rings (SSSR count). The highest BCUT2D eigenvalue weighted by atomic mass is 35.5. The van der Waals surface area contributed by atoms with Crippen LogP contribution in [-0.2, 0) is 17.4 Å². The maximum absolute atomic E-state index is 14.1. The van der Waals surface area contributed by atoms with Crippen molar-refractivity contribution in [2.75, 3.05) is 65.1 Å². The number of likely N-dealkylation sites (N-methyl/N-ethyl adjacent to an activating group) is 1. The molecule has 11 nitrogen and oxygen atoms in total. The Kier molecular flexibility index (Phi) is 10.5. The number of nitrogen functional groups attached to an aromatic ring is 1. The Bertz CT molecular complexity index is 1710. The lowest BCUT2D eigenvalue weighted by molar-refractivity contribution is -0.137. The van der Waals surface area contributed by atoms with Crippen molar-refractivity contribution < 1.29 is 22.8 Å². The number of benzene rings is 2. The molecule has 15 heteroatoms. The Morgan fingerprint density at radius 1 is 0.959 bits per heavy atom. The number of carbonyl (C=O) groups is 2. The van der Waals surface area contributed by atoms with Crippen LogP contribution in [0.3, 0.4) is 0 Å². The van der Waals surface area contributed by atoms with E-state index in [1.807, 2.05) is 24.3 Å². The molecular weight excluding hydrogens is 661 g/mol. The first kappa shape index (κ1) is 35.1. The van der Waals surface area contributed by atoms with E-state index in [9.17, 15) is 27.6 Å². The Labute approximate surface area is 288 Å². The number of nitrogens with zero attached hydrogens (tertiary/aromatic N) is 5. The minimum atomic E-state index is -4.74. The number of piperidine rings is 2. The van der Waals surface area contributed by atoms with Crippen molar-refractivity contribution in [3.63, 3.8) is 0 Å². The standard InChI is InChI=1S/C34H44ClF3N8O3/c1-42-11-4-12-43(18-17-42)23-7-13-44(14-8-23)31(47)28(21-22-19-25(34(36,37)38)30(39)26(35)20-22)41-32(48)45-15-9-24(10-16-45)46-29-6-3-2-5-27(29)40-33(46)49/h2-3,5-6,19-20,23-24,28H,4,7-18,21,39H2,1H3,(H,40,49)(H,41,48)/t28-/m1/s1. The number of aromatic nitrogens is 2. The van der Waals surface area contributed by atoms with Crippen LogP contribution >= 0.6 is 11.6 Å². The first-order valence-corrected chi connectivity index (χ1v) is 17.4. The molecule has 3 amide bonds. The molecule has 3 fully saturated rings. The van der Waals surface area contributed by atoms with Gasteiger partial charge in [0.2, 0.25) is 5.91 Å². The van der Waals surface area contributed by atoms with Crippen LogP contribution in [0.25, 0.3) is 11.0 Å². The third kappa shape index (κ3) is 7.86. The highest BCUT2D eigenvalue weighted by molar-refractivity contribution is 6.33. The van der Waals surface area contributed by atoms with Gasteiger partial charge in [-0.3, -0.25) is 14.3 Å². The van der Waals surface area contributed by atoms with Gasteiger partial charge in [0, 0.05) is 57.8 Å². The van der Waals surface area contributed by atoms with E-state index in [1.165, 1.54) is 6.07 Å². The zero-order valence-corrected chi connectivity index (χ0v) is 28.4. The van der Waals surface area contributed by atoms with Crippen molar-refractivity contribution in [2.45, 2.75) is 62.8 Å². The maximum atomic E-state index is 14.1. The zero-order valence-electron chi connectivity index (χ0n) is 27.6. The molecule has 2 aromatic carbocycles. The lowest BCUT2D eigenvalue weighted by Crippen LogP contribution is -2.56. The summed E-state index contributed by atoms with van der Waals surface area (Å²) < 4.78 is 43.2. The third-order valence-corrected chi connectivity index (χ3v) is 10.6. The number of rotatable bonds is 6. The van der Waals surface area contributed by atoms with Crippen LogP contribution in [0.1, 0.15) is 49.3 Å². The molecule has 3 aromatic rings. The topological polar surface area (TPSA) is 123 Å². The first-order valence-electron chi connectivity index (χ1n) is 17.0. The number of alkyl halides is 3. The fourth-order valence-electron chi connectivity index (χ4n) is 7.57. The van der Waals surface area contributed by atoms with Crippen LogP contribution in [0.5, 0.6) is 0 Å². The number of amides is 3. The number of imidazole rings is 1. The van der Waals surface area contributed by atoms with Gasteiger partial charge in [0.15, 0.2) is 0 Å². The van der Waals surface area contributed by atoms with Gasteiger partial charge in [0.1, 0.15) is 6.04 Å². The van der Waals surface area contributed by atoms with E-state index in [-0.39, 0.29) is 34.6 Å². The summed E-state index contributed by atoms with van der Waals surface area (Å²) in [6, 6.07) is 8.30. The summed E-state index contributed by atoms with van der Waals surface area (Å²) >= 11 is 6.13. The van der Waals surface area contributed by atoms with Crippen LogP contribution in [0.2, 0.25) is 5.02 Å². The fourth-order valence-corrected chi connectivity index (χ4v) is 7.81. The molecule has 49 heavy (non-hydrogen) atoms. The molecule has 4 heterocycles. The van der Waals surface area contributed by atoms with Crippen LogP contribution in [0, 0.1) is 0 Å². The van der Waals surface area contributed by atoms with E-state index >= 15 is 0 Å². The molecule has 1 atom stereocenters. The molecule has 4 N–H and O–H groups in total. The maximum Gasteiger partial charge on any atom is 0.418 e. The number of hydrogen-bond acceptors (Lipinski definition) is 6. The number of nitrogens with one attached hydrogen (secondary N) is 2. The second-order valence-electron chi connectivity index (χ2n) is 13.5. The van der Waals surface area contributed by atoms with Gasteiger partial charge >= 0.3 is 17.9 Å². The van der Waals surface area contributed by atoms with E-state index in [2.05, 4.69) is 27.1 Å². The summed E-state index contributed by atoms with van der Waals surface area (Å²) in [5.41, 5.74) is 5.49. The number of fused-ring (bicyclic) bond motifs is 1. The second-order valence-corrected chi connectivity index (χ2v) is 13.9. The predicted molar refractivity (Wildman–Crippen MR) is 183 cm³/mol. The summed E-state index contributed by atoms with van der Waals surface area (Å²) in [7, 11) is 2.12. The number of anilines is 1. The van der Waals surface area contributed by atoms with Gasteiger partial charge in [-0.1, -0.05) is 23.7 Å². The van der Waals surface area contributed by atoms with Crippen LogP contribution in [0.4, 0.5) is 23.7 Å². The van der Waals surface area contributed by atoms with Gasteiger partial charge in [-0.05, 0) is 82.1 Å². The van der Waals surface area contributed by atoms with E-state index in [0.717, 1.165) is 62.5 Å². The summed E-state index contributed by atoms with van der Waals surface area (Å²) in [5, 5.41) is 2.59. The van der Waals surface area contributed by atoms with Crippen LogP contribution in [0.15, 0.2) is 41.2 Å². The zero-order chi connectivity index (χ0) is 34.9. The van der Waals surface area contributed by atoms with Gasteiger partial charge in [-0.15, -0.1) is 0 Å². The van der Waals surface area contributed by atoms with Crippen molar-refractivity contribution >= 4 is 40.3 Å². The number of urea groups is 1. The summed E-state index contributed by atoms with van der Waals surface area (Å²) in [4.78, 5) is 51.5. The van der Waals surface area contributed by atoms with Crippen molar-refractivity contribution in [3.8, 4) is 0 Å². The lowest BCUT2D eigenvalue weighted by Gasteiger charge is -2.39.